The zero-order valence-corrected chi connectivity index (χ0v) is 8.42. The topological polar surface area (TPSA) is 35.5 Å². The second-order valence-corrected chi connectivity index (χ2v) is 3.18. The number of para-hydroxylation sites is 1. The predicted octanol–water partition coefficient (Wildman–Crippen LogP) is 3.07. The molecule has 3 nitrogen and oxygen atoms in total. The molecule has 82 valence electrons. The molecule has 0 amide bonds. The largest absolute Gasteiger partial charge is 0.515 e. The number of halogens is 3. The minimum Gasteiger partial charge on any atom is -0.415 e. The van der Waals surface area contributed by atoms with E-state index in [0.717, 1.165) is 18.2 Å². The molecule has 0 saturated carbocycles. The molecule has 0 aliphatic rings. The summed E-state index contributed by atoms with van der Waals surface area (Å²) in [5.41, 5.74) is -0.938. The molecule has 0 N–H and O–H groups in total. The Labute approximate surface area is 89.5 Å². The van der Waals surface area contributed by atoms with Crippen LogP contribution in [0.4, 0.5) is 13.6 Å². The number of benzene rings is 1. The molecule has 1 aromatic carbocycles. The molecule has 1 rings (SSSR count). The molecular formula is C9H7ClF2O3. The molecule has 0 spiro atoms. The Morgan fingerprint density at radius 1 is 1.40 bits per heavy atom. The van der Waals surface area contributed by atoms with E-state index >= 15 is 0 Å². The Bertz CT molecular complexity index is 348. The van der Waals surface area contributed by atoms with Crippen LogP contribution in [0.15, 0.2) is 18.2 Å². The minimum absolute atomic E-state index is 0.806. The van der Waals surface area contributed by atoms with Crippen molar-refractivity contribution in [2.75, 3.05) is 0 Å². The van der Waals surface area contributed by atoms with Gasteiger partial charge in [0.15, 0.2) is 17.2 Å². The van der Waals surface area contributed by atoms with Gasteiger partial charge < -0.3 is 9.47 Å². The van der Waals surface area contributed by atoms with E-state index < -0.39 is 29.1 Å². The second kappa shape index (κ2) is 4.93. The third-order valence-electron chi connectivity index (χ3n) is 1.36. The van der Waals surface area contributed by atoms with E-state index in [9.17, 15) is 13.6 Å². The van der Waals surface area contributed by atoms with E-state index in [0.29, 0.717) is 0 Å². The van der Waals surface area contributed by atoms with Crippen LogP contribution in [0.1, 0.15) is 6.92 Å². The van der Waals surface area contributed by atoms with Crippen LogP contribution in [0, 0.1) is 11.6 Å². The summed E-state index contributed by atoms with van der Waals surface area (Å²) < 4.78 is 34.5. The van der Waals surface area contributed by atoms with Crippen LogP contribution in [-0.4, -0.2) is 11.7 Å². The first-order chi connectivity index (χ1) is 7.00. The zero-order chi connectivity index (χ0) is 11.4. The second-order valence-electron chi connectivity index (χ2n) is 2.56. The number of hydrogen-bond acceptors (Lipinski definition) is 3. The Morgan fingerprint density at radius 2 is 1.93 bits per heavy atom. The fourth-order valence-corrected chi connectivity index (χ4v) is 0.893. The zero-order valence-electron chi connectivity index (χ0n) is 7.67. The number of rotatable bonds is 2. The lowest BCUT2D eigenvalue weighted by atomic mass is 10.3. The minimum atomic E-state index is -1.26. The van der Waals surface area contributed by atoms with Crippen LogP contribution in [0.2, 0.25) is 0 Å². The maximum absolute atomic E-state index is 12.9. The number of carbonyl (C=O) groups excluding carboxylic acids is 1. The lowest BCUT2D eigenvalue weighted by Crippen LogP contribution is -2.15. The van der Waals surface area contributed by atoms with Gasteiger partial charge in [0.2, 0.25) is 5.75 Å². The van der Waals surface area contributed by atoms with Gasteiger partial charge in [-0.25, -0.2) is 13.6 Å². The molecule has 1 atom stereocenters. The predicted molar refractivity (Wildman–Crippen MR) is 48.8 cm³/mol. The molecule has 0 saturated heterocycles. The van der Waals surface area contributed by atoms with Gasteiger partial charge in [-0.2, -0.15) is 0 Å². The first kappa shape index (κ1) is 11.7. The van der Waals surface area contributed by atoms with Crippen LogP contribution >= 0.6 is 11.6 Å². The van der Waals surface area contributed by atoms with Crippen molar-refractivity contribution in [1.29, 1.82) is 0 Å². The summed E-state index contributed by atoms with van der Waals surface area (Å²) in [6, 6.07) is 3.05. The first-order valence-corrected chi connectivity index (χ1v) is 4.41. The molecule has 0 aliphatic heterocycles. The monoisotopic (exact) mass is 236 g/mol. The Balaban J connectivity index is 2.76. The number of hydrogen-bond donors (Lipinski definition) is 0. The van der Waals surface area contributed by atoms with Crippen molar-refractivity contribution in [3.8, 4) is 5.75 Å². The molecule has 1 aromatic rings. The van der Waals surface area contributed by atoms with Gasteiger partial charge in [0.1, 0.15) is 0 Å². The van der Waals surface area contributed by atoms with Crippen molar-refractivity contribution in [2.45, 2.75) is 12.5 Å². The standard InChI is InChI=1S/C9H7ClF2O3/c1-5(10)14-9(13)15-8-6(11)3-2-4-7(8)12/h2-5H,1H3. The summed E-state index contributed by atoms with van der Waals surface area (Å²) in [5.74, 6) is -2.79. The van der Waals surface area contributed by atoms with Gasteiger partial charge in [0.25, 0.3) is 0 Å². The molecule has 0 bridgehead atoms. The molecule has 0 heterocycles. The van der Waals surface area contributed by atoms with E-state index in [-0.39, 0.29) is 0 Å². The van der Waals surface area contributed by atoms with Crippen LogP contribution in [0.25, 0.3) is 0 Å². The smallest absolute Gasteiger partial charge is 0.415 e. The molecule has 1 unspecified atom stereocenters. The Hall–Kier alpha value is -1.36. The average molecular weight is 237 g/mol. The summed E-state index contributed by atoms with van der Waals surface area (Å²) in [7, 11) is 0. The van der Waals surface area contributed by atoms with Gasteiger partial charge in [-0.05, 0) is 19.1 Å². The van der Waals surface area contributed by atoms with Gasteiger partial charge in [-0.1, -0.05) is 17.7 Å². The highest BCUT2D eigenvalue weighted by Gasteiger charge is 2.16. The number of carbonyl (C=O) groups is 1. The highest BCUT2D eigenvalue weighted by Crippen LogP contribution is 2.21. The van der Waals surface area contributed by atoms with E-state index in [1.165, 1.54) is 6.92 Å². The summed E-state index contributed by atoms with van der Waals surface area (Å²) in [5, 5.41) is 0. The van der Waals surface area contributed by atoms with Crippen molar-refractivity contribution >= 4 is 17.8 Å². The van der Waals surface area contributed by atoms with Gasteiger partial charge in [0, 0.05) is 0 Å². The first-order valence-electron chi connectivity index (χ1n) is 3.97. The third-order valence-corrected chi connectivity index (χ3v) is 1.45. The van der Waals surface area contributed by atoms with E-state index in [4.69, 9.17) is 11.6 Å². The van der Waals surface area contributed by atoms with Crippen molar-refractivity contribution in [3.05, 3.63) is 29.8 Å². The van der Waals surface area contributed by atoms with Gasteiger partial charge in [-0.3, -0.25) is 0 Å². The van der Waals surface area contributed by atoms with Gasteiger partial charge >= 0.3 is 6.16 Å². The highest BCUT2D eigenvalue weighted by atomic mass is 35.5. The SMILES string of the molecule is CC(Cl)OC(=O)Oc1c(F)cccc1F. The van der Waals surface area contributed by atoms with Crippen molar-refractivity contribution in [2.24, 2.45) is 0 Å². The van der Waals surface area contributed by atoms with Crippen molar-refractivity contribution < 1.29 is 23.0 Å². The average Bonchev–Trinajstić information content (AvgIpc) is 2.10. The Morgan fingerprint density at radius 3 is 2.40 bits per heavy atom. The van der Waals surface area contributed by atoms with Crippen LogP contribution in [0.3, 0.4) is 0 Å². The lowest BCUT2D eigenvalue weighted by Gasteiger charge is -2.07. The molecule has 15 heavy (non-hydrogen) atoms. The molecule has 0 radical (unpaired) electrons. The molecule has 6 heteroatoms. The van der Waals surface area contributed by atoms with Gasteiger partial charge in [-0.15, -0.1) is 0 Å². The molecule has 0 aliphatic carbocycles. The molecule has 0 aromatic heterocycles. The summed E-state index contributed by atoms with van der Waals surface area (Å²) >= 11 is 5.31. The van der Waals surface area contributed by atoms with Gasteiger partial charge in [0.05, 0.1) is 0 Å². The van der Waals surface area contributed by atoms with Crippen LogP contribution in [0.5, 0.6) is 5.75 Å². The fourth-order valence-electron chi connectivity index (χ4n) is 0.820. The van der Waals surface area contributed by atoms with Crippen LogP contribution < -0.4 is 4.74 Å². The lowest BCUT2D eigenvalue weighted by molar-refractivity contribution is 0.0893. The number of alkyl halides is 1. The summed E-state index contributed by atoms with van der Waals surface area (Å²) in [6.45, 7) is 1.36. The maximum atomic E-state index is 12.9. The fraction of sp³-hybridized carbons (Fsp3) is 0.222. The summed E-state index contributed by atoms with van der Waals surface area (Å²) in [6.07, 6.45) is -1.26. The summed E-state index contributed by atoms with van der Waals surface area (Å²) in [4.78, 5) is 10.9. The highest BCUT2D eigenvalue weighted by molar-refractivity contribution is 6.19. The normalized spacial score (nSPS) is 12.0. The third kappa shape index (κ3) is 3.36. The maximum Gasteiger partial charge on any atom is 0.515 e. The Kier molecular flexibility index (Phi) is 3.85. The number of ether oxygens (including phenoxy) is 2. The van der Waals surface area contributed by atoms with E-state index in [1.807, 2.05) is 0 Å². The molecule has 0 fully saturated rings. The van der Waals surface area contributed by atoms with Crippen molar-refractivity contribution in [3.63, 3.8) is 0 Å². The van der Waals surface area contributed by atoms with Crippen LogP contribution in [-0.2, 0) is 4.74 Å². The quantitative estimate of drug-likeness (QED) is 0.450. The van der Waals surface area contributed by atoms with E-state index in [2.05, 4.69) is 9.47 Å². The van der Waals surface area contributed by atoms with Crippen molar-refractivity contribution in [1.82, 2.24) is 0 Å². The van der Waals surface area contributed by atoms with E-state index in [1.54, 1.807) is 0 Å². The molecular weight excluding hydrogens is 230 g/mol.